The van der Waals surface area contributed by atoms with E-state index in [1.165, 1.54) is 12.3 Å². The van der Waals surface area contributed by atoms with Gasteiger partial charge in [-0.3, -0.25) is 4.79 Å². The molecule has 1 amide bonds. The average molecular weight is 477 g/mol. The second-order valence-corrected chi connectivity index (χ2v) is 9.31. The van der Waals surface area contributed by atoms with Crippen LogP contribution < -0.4 is 61.8 Å². The van der Waals surface area contributed by atoms with Crippen molar-refractivity contribution in [1.82, 2.24) is 14.9 Å². The van der Waals surface area contributed by atoms with Gasteiger partial charge in [-0.1, -0.05) is 0 Å². The molecule has 11 heteroatoms. The van der Waals surface area contributed by atoms with E-state index in [-0.39, 0.29) is 84.9 Å². The number of nitrogens with zero attached hydrogens (tertiary/aromatic N) is 3. The van der Waals surface area contributed by atoms with Gasteiger partial charge in [-0.2, -0.15) is 0 Å². The molecule has 0 bridgehead atoms. The predicted molar refractivity (Wildman–Crippen MR) is 108 cm³/mol. The molecule has 0 saturated carbocycles. The fourth-order valence-electron chi connectivity index (χ4n) is 3.40. The zero-order chi connectivity index (χ0) is 22.2. The molecule has 1 saturated heterocycles. The largest absolute Gasteiger partial charge is 1.00 e. The topological polar surface area (TPSA) is 98.2 Å². The Hall–Kier alpha value is -0.984. The molecule has 1 N–H and O–H groups in total. The normalized spacial score (nSPS) is 16.4. The van der Waals surface area contributed by atoms with Crippen molar-refractivity contribution < 1.29 is 74.9 Å². The summed E-state index contributed by atoms with van der Waals surface area (Å²) in [7, 11) is 0. The Morgan fingerprint density at radius 1 is 1.35 bits per heavy atom. The Kier molecular flexibility index (Phi) is 8.73. The first-order valence-electron chi connectivity index (χ1n) is 9.57. The van der Waals surface area contributed by atoms with Crippen molar-refractivity contribution in [1.29, 1.82) is 0 Å². The van der Waals surface area contributed by atoms with Crippen LogP contribution in [0.1, 0.15) is 72.8 Å². The molecule has 0 aromatic carbocycles. The van der Waals surface area contributed by atoms with Crippen LogP contribution in [0.5, 0.6) is 0 Å². The number of carboxylic acid groups (broad SMARTS) is 1. The van der Waals surface area contributed by atoms with Gasteiger partial charge in [0.1, 0.15) is 22.5 Å². The first kappa shape index (κ1) is 26.3. The number of likely N-dealkylation sites (tertiary alicyclic amines) is 1. The number of alkyl halides is 2. The monoisotopic (exact) mass is 476 g/mol. The summed E-state index contributed by atoms with van der Waals surface area (Å²) in [5, 5.41) is 14.0. The number of hydrogen-bond donors (Lipinski definition) is 1. The standard InChI is InChI=1S/C20H24F2N4O3S.K/c1-10-6-5-7-26(10)18(27)14-15(30-17(24-14)19(28)29)12-9-23-13(25-20(2,3)4)8-11(12)16(21)22;/h8-10,16H,5-7H2,1-4H3,(H,23,25)(H,28,29);/q;+1/p-1/t10-;/m0./s1. The quantitative estimate of drug-likeness (QED) is 0.626. The Bertz CT molecular complexity index is 978. The summed E-state index contributed by atoms with van der Waals surface area (Å²) in [5.74, 6) is -1.78. The minimum Gasteiger partial charge on any atom is -0.542 e. The summed E-state index contributed by atoms with van der Waals surface area (Å²) < 4.78 is 27.8. The number of pyridine rings is 1. The Morgan fingerprint density at radius 2 is 2.03 bits per heavy atom. The van der Waals surface area contributed by atoms with Crippen LogP contribution in [0.2, 0.25) is 0 Å². The third-order valence-electron chi connectivity index (χ3n) is 4.74. The van der Waals surface area contributed by atoms with Gasteiger partial charge in [0.2, 0.25) is 0 Å². The van der Waals surface area contributed by atoms with Gasteiger partial charge in [-0.15, -0.1) is 11.3 Å². The van der Waals surface area contributed by atoms with E-state index in [0.717, 1.165) is 12.8 Å². The molecule has 7 nitrogen and oxygen atoms in total. The van der Waals surface area contributed by atoms with Crippen LogP contribution in [0.15, 0.2) is 12.3 Å². The molecule has 0 aliphatic carbocycles. The van der Waals surface area contributed by atoms with Crippen molar-refractivity contribution in [3.8, 4) is 10.4 Å². The summed E-state index contributed by atoms with van der Waals surface area (Å²) in [4.78, 5) is 34.2. The summed E-state index contributed by atoms with van der Waals surface area (Å²) in [6.07, 6.45) is 0.00390. The van der Waals surface area contributed by atoms with Gasteiger partial charge in [-0.05, 0) is 46.6 Å². The summed E-state index contributed by atoms with van der Waals surface area (Å²) >= 11 is 0.645. The van der Waals surface area contributed by atoms with E-state index in [2.05, 4.69) is 15.3 Å². The smallest absolute Gasteiger partial charge is 0.542 e. The molecule has 2 aromatic rings. The first-order valence-corrected chi connectivity index (χ1v) is 10.4. The number of hydrogen-bond acceptors (Lipinski definition) is 7. The van der Waals surface area contributed by atoms with Crippen molar-refractivity contribution in [2.24, 2.45) is 0 Å². The van der Waals surface area contributed by atoms with E-state index in [1.54, 1.807) is 4.90 Å². The second kappa shape index (κ2) is 10.3. The maximum absolute atomic E-state index is 13.9. The van der Waals surface area contributed by atoms with Crippen LogP contribution >= 0.6 is 11.3 Å². The minimum atomic E-state index is -2.86. The van der Waals surface area contributed by atoms with Crippen LogP contribution in [-0.2, 0) is 0 Å². The molecule has 31 heavy (non-hydrogen) atoms. The van der Waals surface area contributed by atoms with Gasteiger partial charge in [0, 0.05) is 35.4 Å². The molecule has 3 heterocycles. The molecule has 1 fully saturated rings. The van der Waals surface area contributed by atoms with Crippen molar-refractivity contribution in [2.45, 2.75) is 58.5 Å². The van der Waals surface area contributed by atoms with E-state index in [0.29, 0.717) is 17.9 Å². The Balaban J connectivity index is 0.00000341. The number of carbonyl (C=O) groups is 2. The molecule has 0 spiro atoms. The van der Waals surface area contributed by atoms with E-state index < -0.39 is 28.8 Å². The van der Waals surface area contributed by atoms with Crippen molar-refractivity contribution in [3.63, 3.8) is 0 Å². The number of amides is 1. The number of carbonyl (C=O) groups excluding carboxylic acids is 2. The van der Waals surface area contributed by atoms with Crippen LogP contribution in [0.3, 0.4) is 0 Å². The van der Waals surface area contributed by atoms with Gasteiger partial charge >= 0.3 is 51.4 Å². The maximum atomic E-state index is 13.9. The molecule has 0 radical (unpaired) electrons. The first-order chi connectivity index (χ1) is 14.0. The van der Waals surface area contributed by atoms with Gasteiger partial charge in [-0.25, -0.2) is 18.7 Å². The number of carboxylic acids is 1. The van der Waals surface area contributed by atoms with Gasteiger partial charge in [0.05, 0.1) is 4.88 Å². The molecule has 162 valence electrons. The van der Waals surface area contributed by atoms with Crippen LogP contribution in [-0.4, -0.2) is 44.9 Å². The molecule has 1 aliphatic heterocycles. The van der Waals surface area contributed by atoms with E-state index in [9.17, 15) is 23.5 Å². The zero-order valence-corrected chi connectivity index (χ0v) is 22.1. The number of thiazole rings is 1. The average Bonchev–Trinajstić information content (AvgIpc) is 3.26. The van der Waals surface area contributed by atoms with Crippen LogP contribution in [0.25, 0.3) is 10.4 Å². The van der Waals surface area contributed by atoms with E-state index >= 15 is 0 Å². The van der Waals surface area contributed by atoms with Crippen molar-refractivity contribution in [3.05, 3.63) is 28.5 Å². The van der Waals surface area contributed by atoms with E-state index in [1.807, 2.05) is 27.7 Å². The van der Waals surface area contributed by atoms with Crippen LogP contribution in [0.4, 0.5) is 14.6 Å². The second-order valence-electron chi connectivity index (χ2n) is 8.31. The van der Waals surface area contributed by atoms with Crippen LogP contribution in [0, 0.1) is 0 Å². The van der Waals surface area contributed by atoms with Gasteiger partial charge < -0.3 is 20.1 Å². The minimum absolute atomic E-state index is 0. The molecule has 0 unspecified atom stereocenters. The van der Waals surface area contributed by atoms with Crippen molar-refractivity contribution >= 4 is 29.0 Å². The summed E-state index contributed by atoms with van der Waals surface area (Å²) in [5.41, 5.74) is -0.917. The number of aromatic nitrogens is 2. The Labute approximate surface area is 226 Å². The molecular weight excluding hydrogens is 453 g/mol. The number of nitrogens with one attached hydrogen (secondary N) is 1. The number of anilines is 1. The number of aromatic carboxylic acids is 1. The predicted octanol–water partition coefficient (Wildman–Crippen LogP) is 0.345. The van der Waals surface area contributed by atoms with Crippen molar-refractivity contribution in [2.75, 3.05) is 11.9 Å². The molecule has 1 aliphatic rings. The molecular formula is C20H23F2KN4O3S. The third-order valence-corrected chi connectivity index (χ3v) is 5.81. The van der Waals surface area contributed by atoms with Gasteiger partial charge in [0.25, 0.3) is 12.3 Å². The SMILES string of the molecule is C[C@H]1CCCN1C(=O)c1nc(C(=O)[O-])sc1-c1cnc(NC(C)(C)C)cc1C(F)F.[K+]. The molecule has 2 aromatic heterocycles. The third kappa shape index (κ3) is 6.08. The summed E-state index contributed by atoms with van der Waals surface area (Å²) in [6.45, 7) is 8.00. The molecule has 3 rings (SSSR count). The Morgan fingerprint density at radius 3 is 2.55 bits per heavy atom. The fraction of sp³-hybridized carbons (Fsp3) is 0.500. The van der Waals surface area contributed by atoms with Gasteiger partial charge in [0.15, 0.2) is 0 Å². The fourth-order valence-corrected chi connectivity index (χ4v) is 4.32. The number of halogens is 2. The maximum Gasteiger partial charge on any atom is 1.00 e. The number of rotatable bonds is 5. The van der Waals surface area contributed by atoms with E-state index in [4.69, 9.17) is 0 Å². The zero-order valence-electron chi connectivity index (χ0n) is 18.2. The molecule has 1 atom stereocenters. The summed E-state index contributed by atoms with van der Waals surface area (Å²) in [6, 6.07) is 1.18.